The van der Waals surface area contributed by atoms with Crippen LogP contribution >= 0.6 is 35.7 Å². The van der Waals surface area contributed by atoms with Crippen LogP contribution in [0.15, 0.2) is 4.99 Å². The normalized spacial score (nSPS) is 25.6. The second-order valence-corrected chi connectivity index (χ2v) is 9.63. The first-order valence-electron chi connectivity index (χ1n) is 10.6. The fraction of sp³-hybridized carbons (Fsp3) is 0.900. The van der Waals surface area contributed by atoms with Gasteiger partial charge in [0, 0.05) is 32.8 Å². The molecule has 2 aliphatic heterocycles. The van der Waals surface area contributed by atoms with Gasteiger partial charge in [-0.3, -0.25) is 4.79 Å². The van der Waals surface area contributed by atoms with Crippen molar-refractivity contribution in [2.75, 3.05) is 38.8 Å². The first-order chi connectivity index (χ1) is 13.1. The van der Waals surface area contributed by atoms with E-state index in [1.165, 1.54) is 43.6 Å². The molecule has 0 aromatic carbocycles. The van der Waals surface area contributed by atoms with E-state index in [0.29, 0.717) is 12.1 Å². The second kappa shape index (κ2) is 11.8. The molecule has 2 saturated heterocycles. The van der Waals surface area contributed by atoms with Crippen LogP contribution in [0, 0.1) is 0 Å². The predicted molar refractivity (Wildman–Crippen MR) is 128 cm³/mol. The van der Waals surface area contributed by atoms with Gasteiger partial charge < -0.3 is 20.3 Å². The molecule has 2 heterocycles. The Morgan fingerprint density at radius 1 is 1.11 bits per heavy atom. The minimum Gasteiger partial charge on any atom is -0.375 e. The van der Waals surface area contributed by atoms with Crippen LogP contribution < -0.4 is 10.6 Å². The van der Waals surface area contributed by atoms with E-state index in [1.807, 2.05) is 11.8 Å². The lowest BCUT2D eigenvalue weighted by Crippen LogP contribution is -2.54. The van der Waals surface area contributed by atoms with Crippen molar-refractivity contribution in [1.29, 1.82) is 0 Å². The lowest BCUT2D eigenvalue weighted by Gasteiger charge is -2.43. The summed E-state index contributed by atoms with van der Waals surface area (Å²) >= 11 is 2.04. The Balaban J connectivity index is 0.00000280. The average molecular weight is 525 g/mol. The molecule has 0 aromatic heterocycles. The fourth-order valence-electron chi connectivity index (χ4n) is 4.30. The first-order valence-corrected chi connectivity index (χ1v) is 11.7. The Labute approximate surface area is 191 Å². The zero-order valence-electron chi connectivity index (χ0n) is 17.4. The van der Waals surface area contributed by atoms with Gasteiger partial charge in [-0.15, -0.1) is 24.0 Å². The highest BCUT2D eigenvalue weighted by Gasteiger charge is 2.39. The molecule has 0 bridgehead atoms. The van der Waals surface area contributed by atoms with E-state index in [-0.39, 0.29) is 42.0 Å². The van der Waals surface area contributed by atoms with Gasteiger partial charge in [-0.25, -0.2) is 4.99 Å². The summed E-state index contributed by atoms with van der Waals surface area (Å²) in [5.74, 6) is 3.24. The summed E-state index contributed by atoms with van der Waals surface area (Å²) in [6.45, 7) is 1.01. The third kappa shape index (κ3) is 7.23. The standard InChI is InChI=1S/C20H36N4O2S.HI/c1-24(2)18(25)15-21-19(22-16-6-4-3-5-7-16)23-17-8-11-26-20(14-17)9-12-27-13-10-20;/h16-17H,3-15H2,1-2H3,(H2,21,22,23);1H. The van der Waals surface area contributed by atoms with Crippen LogP contribution in [0.4, 0.5) is 0 Å². The van der Waals surface area contributed by atoms with Crippen LogP contribution in [0.5, 0.6) is 0 Å². The van der Waals surface area contributed by atoms with Crippen molar-refractivity contribution in [2.24, 2.45) is 4.99 Å². The Kier molecular flexibility index (Phi) is 10.2. The summed E-state index contributed by atoms with van der Waals surface area (Å²) < 4.78 is 6.22. The van der Waals surface area contributed by atoms with E-state index in [1.54, 1.807) is 19.0 Å². The summed E-state index contributed by atoms with van der Waals surface area (Å²) in [6.07, 6.45) is 10.6. The van der Waals surface area contributed by atoms with E-state index in [2.05, 4.69) is 15.6 Å². The van der Waals surface area contributed by atoms with E-state index in [9.17, 15) is 4.79 Å². The number of guanidine groups is 1. The lowest BCUT2D eigenvalue weighted by atomic mass is 9.85. The topological polar surface area (TPSA) is 66.0 Å². The summed E-state index contributed by atoms with van der Waals surface area (Å²) in [5, 5.41) is 7.26. The Hall–Kier alpha value is -0.220. The molecule has 0 radical (unpaired) electrons. The molecular weight excluding hydrogens is 487 g/mol. The molecule has 1 saturated carbocycles. The highest BCUT2D eigenvalue weighted by atomic mass is 127. The van der Waals surface area contributed by atoms with Crippen molar-refractivity contribution in [3.05, 3.63) is 0 Å². The van der Waals surface area contributed by atoms with Gasteiger partial charge in [-0.1, -0.05) is 19.3 Å². The van der Waals surface area contributed by atoms with Gasteiger partial charge >= 0.3 is 0 Å². The molecule has 1 atom stereocenters. The van der Waals surface area contributed by atoms with Gasteiger partial charge in [0.25, 0.3) is 0 Å². The summed E-state index contributed by atoms with van der Waals surface area (Å²) in [6, 6.07) is 0.838. The van der Waals surface area contributed by atoms with Crippen molar-refractivity contribution in [3.8, 4) is 0 Å². The Bertz CT molecular complexity index is 515. The number of carbonyl (C=O) groups is 1. The number of hydrogen-bond acceptors (Lipinski definition) is 4. The minimum absolute atomic E-state index is 0. The fourth-order valence-corrected chi connectivity index (χ4v) is 5.53. The van der Waals surface area contributed by atoms with Crippen LogP contribution in [0.25, 0.3) is 0 Å². The molecular formula is C20H37IN4O2S. The highest BCUT2D eigenvalue weighted by molar-refractivity contribution is 14.0. The number of carbonyl (C=O) groups excluding carboxylic acids is 1. The third-order valence-corrected chi connectivity index (χ3v) is 7.04. The maximum absolute atomic E-state index is 12.0. The van der Waals surface area contributed by atoms with E-state index in [4.69, 9.17) is 4.74 Å². The first kappa shape index (κ1) is 24.1. The van der Waals surface area contributed by atoms with Crippen molar-refractivity contribution in [1.82, 2.24) is 15.5 Å². The van der Waals surface area contributed by atoms with Crippen LogP contribution in [-0.4, -0.2) is 73.2 Å². The van der Waals surface area contributed by atoms with E-state index in [0.717, 1.165) is 38.2 Å². The molecule has 3 rings (SSSR count). The zero-order chi connectivity index (χ0) is 19.1. The lowest BCUT2D eigenvalue weighted by molar-refractivity contribution is -0.127. The monoisotopic (exact) mass is 524 g/mol. The molecule has 1 spiro atoms. The number of ether oxygens (including phenoxy) is 1. The number of hydrogen-bond donors (Lipinski definition) is 2. The molecule has 1 aliphatic carbocycles. The zero-order valence-corrected chi connectivity index (χ0v) is 20.5. The highest BCUT2D eigenvalue weighted by Crippen LogP contribution is 2.37. The van der Waals surface area contributed by atoms with Gasteiger partial charge in [0.15, 0.2) is 5.96 Å². The predicted octanol–water partition coefficient (Wildman–Crippen LogP) is 3.01. The van der Waals surface area contributed by atoms with Crippen molar-refractivity contribution in [3.63, 3.8) is 0 Å². The minimum atomic E-state index is 0. The Morgan fingerprint density at radius 3 is 2.46 bits per heavy atom. The van der Waals surface area contributed by atoms with E-state index < -0.39 is 0 Å². The van der Waals surface area contributed by atoms with E-state index >= 15 is 0 Å². The number of aliphatic imine (C=N–C) groups is 1. The third-order valence-electron chi connectivity index (χ3n) is 6.06. The number of likely N-dealkylation sites (N-methyl/N-ethyl adjacent to an activating group) is 1. The van der Waals surface area contributed by atoms with Gasteiger partial charge in [-0.05, 0) is 50.0 Å². The van der Waals surface area contributed by atoms with Crippen LogP contribution in [0.1, 0.15) is 57.8 Å². The smallest absolute Gasteiger partial charge is 0.243 e. The summed E-state index contributed by atoms with van der Waals surface area (Å²) in [4.78, 5) is 18.2. The maximum atomic E-state index is 12.0. The largest absolute Gasteiger partial charge is 0.375 e. The molecule has 0 aromatic rings. The molecule has 3 aliphatic rings. The second-order valence-electron chi connectivity index (χ2n) is 8.41. The van der Waals surface area contributed by atoms with Gasteiger partial charge in [-0.2, -0.15) is 11.8 Å². The average Bonchev–Trinajstić information content (AvgIpc) is 2.67. The molecule has 162 valence electrons. The SMILES string of the molecule is CN(C)C(=O)CN=C(NC1CCCCC1)NC1CCOC2(CCSCC2)C1.I. The summed E-state index contributed by atoms with van der Waals surface area (Å²) in [5.41, 5.74) is 0.0522. The number of halogens is 1. The van der Waals surface area contributed by atoms with Gasteiger partial charge in [0.05, 0.1) is 5.60 Å². The molecule has 3 fully saturated rings. The number of nitrogens with zero attached hydrogens (tertiary/aromatic N) is 2. The van der Waals surface area contributed by atoms with Crippen LogP contribution in [-0.2, 0) is 9.53 Å². The number of rotatable bonds is 4. The number of amides is 1. The van der Waals surface area contributed by atoms with Crippen molar-refractivity contribution in [2.45, 2.75) is 75.5 Å². The molecule has 8 heteroatoms. The van der Waals surface area contributed by atoms with Gasteiger partial charge in [0.1, 0.15) is 6.54 Å². The maximum Gasteiger partial charge on any atom is 0.243 e. The quantitative estimate of drug-likeness (QED) is 0.337. The number of nitrogens with one attached hydrogen (secondary N) is 2. The molecule has 28 heavy (non-hydrogen) atoms. The summed E-state index contributed by atoms with van der Waals surface area (Å²) in [7, 11) is 3.56. The van der Waals surface area contributed by atoms with Crippen molar-refractivity contribution < 1.29 is 9.53 Å². The Morgan fingerprint density at radius 2 is 1.79 bits per heavy atom. The number of thioether (sulfide) groups is 1. The van der Waals surface area contributed by atoms with Gasteiger partial charge in [0.2, 0.25) is 5.91 Å². The molecule has 2 N–H and O–H groups in total. The van der Waals surface area contributed by atoms with Crippen molar-refractivity contribution >= 4 is 47.6 Å². The molecule has 1 amide bonds. The molecule has 6 nitrogen and oxygen atoms in total. The van der Waals surface area contributed by atoms with Crippen LogP contribution in [0.3, 0.4) is 0 Å². The molecule has 1 unspecified atom stereocenters. The van der Waals surface area contributed by atoms with Crippen LogP contribution in [0.2, 0.25) is 0 Å².